The molecule has 2 nitrogen and oxygen atoms in total. The topological polar surface area (TPSA) is 20.3 Å². The van der Waals surface area contributed by atoms with Crippen molar-refractivity contribution in [3.8, 4) is 0 Å². The minimum Gasteiger partial charge on any atom is -0.339 e. The Balaban J connectivity index is 1.99. The molecule has 0 bridgehead atoms. The summed E-state index contributed by atoms with van der Waals surface area (Å²) in [5.41, 5.74) is 1.09. The van der Waals surface area contributed by atoms with Gasteiger partial charge in [0, 0.05) is 18.5 Å². The molecule has 20 heavy (non-hydrogen) atoms. The molecule has 0 saturated heterocycles. The standard InChI is InChI=1S/C17H24FNO/c1-13(2)17(20)19(16-5-3-4-6-16)12-11-14-7-9-15(18)10-8-14/h7-10,13,16H,3-6,11-12H2,1-2H3. The Kier molecular flexibility index (Phi) is 5.16. The van der Waals surface area contributed by atoms with Gasteiger partial charge in [-0.1, -0.05) is 38.8 Å². The van der Waals surface area contributed by atoms with Crippen LogP contribution in [0.2, 0.25) is 0 Å². The first kappa shape index (κ1) is 15.0. The molecule has 110 valence electrons. The first-order chi connectivity index (χ1) is 9.58. The first-order valence-electron chi connectivity index (χ1n) is 7.63. The van der Waals surface area contributed by atoms with Gasteiger partial charge in [0.25, 0.3) is 0 Å². The third kappa shape index (κ3) is 3.81. The lowest BCUT2D eigenvalue weighted by Gasteiger charge is -2.30. The molecule has 0 aromatic heterocycles. The molecule has 0 unspecified atom stereocenters. The summed E-state index contributed by atoms with van der Waals surface area (Å²) in [7, 11) is 0. The van der Waals surface area contributed by atoms with E-state index in [1.165, 1.54) is 25.0 Å². The van der Waals surface area contributed by atoms with Crippen molar-refractivity contribution in [2.24, 2.45) is 5.92 Å². The SMILES string of the molecule is CC(C)C(=O)N(CCc1ccc(F)cc1)C1CCCC1. The van der Waals surface area contributed by atoms with Crippen molar-refractivity contribution in [1.29, 1.82) is 0 Å². The van der Waals surface area contributed by atoms with Crippen molar-refractivity contribution in [2.45, 2.75) is 52.0 Å². The van der Waals surface area contributed by atoms with E-state index in [4.69, 9.17) is 0 Å². The predicted octanol–water partition coefficient (Wildman–Crippen LogP) is 3.80. The second-order valence-electron chi connectivity index (χ2n) is 6.00. The maximum Gasteiger partial charge on any atom is 0.225 e. The lowest BCUT2D eigenvalue weighted by Crippen LogP contribution is -2.42. The van der Waals surface area contributed by atoms with Gasteiger partial charge in [-0.2, -0.15) is 0 Å². The van der Waals surface area contributed by atoms with Crippen molar-refractivity contribution in [3.05, 3.63) is 35.6 Å². The summed E-state index contributed by atoms with van der Waals surface area (Å²) in [6.45, 7) is 4.66. The normalized spacial score (nSPS) is 15.8. The van der Waals surface area contributed by atoms with Crippen molar-refractivity contribution in [3.63, 3.8) is 0 Å². The van der Waals surface area contributed by atoms with Gasteiger partial charge in [-0.25, -0.2) is 4.39 Å². The number of hydrogen-bond donors (Lipinski definition) is 0. The summed E-state index contributed by atoms with van der Waals surface area (Å²) in [4.78, 5) is 14.4. The molecule has 1 saturated carbocycles. The van der Waals surface area contributed by atoms with E-state index in [1.54, 1.807) is 0 Å². The second-order valence-corrected chi connectivity index (χ2v) is 6.00. The number of amides is 1. The summed E-state index contributed by atoms with van der Waals surface area (Å²) in [6.07, 6.45) is 5.51. The van der Waals surface area contributed by atoms with Crippen molar-refractivity contribution >= 4 is 5.91 Å². The van der Waals surface area contributed by atoms with E-state index < -0.39 is 0 Å². The molecule has 0 radical (unpaired) electrons. The average molecular weight is 277 g/mol. The zero-order chi connectivity index (χ0) is 14.5. The Morgan fingerprint density at radius 3 is 2.40 bits per heavy atom. The van der Waals surface area contributed by atoms with Crippen molar-refractivity contribution < 1.29 is 9.18 Å². The number of rotatable bonds is 5. The molecule has 0 N–H and O–H groups in total. The highest BCUT2D eigenvalue weighted by molar-refractivity contribution is 5.78. The Morgan fingerprint density at radius 2 is 1.85 bits per heavy atom. The molecule has 0 atom stereocenters. The number of benzene rings is 1. The van der Waals surface area contributed by atoms with Crippen molar-refractivity contribution in [2.75, 3.05) is 6.54 Å². The lowest BCUT2D eigenvalue weighted by molar-refractivity contribution is -0.136. The molecular formula is C17H24FNO. The van der Waals surface area contributed by atoms with Crippen LogP contribution in [0.15, 0.2) is 24.3 Å². The molecule has 0 heterocycles. The van der Waals surface area contributed by atoms with Crippen LogP contribution >= 0.6 is 0 Å². The van der Waals surface area contributed by atoms with Crippen LogP contribution in [0.5, 0.6) is 0 Å². The number of carbonyl (C=O) groups is 1. The number of halogens is 1. The molecule has 1 aromatic carbocycles. The van der Waals surface area contributed by atoms with Gasteiger partial charge in [-0.3, -0.25) is 4.79 Å². The van der Waals surface area contributed by atoms with E-state index in [1.807, 2.05) is 26.0 Å². The summed E-state index contributed by atoms with van der Waals surface area (Å²) in [5.74, 6) is 0.0856. The van der Waals surface area contributed by atoms with E-state index in [2.05, 4.69) is 4.90 Å². The maximum absolute atomic E-state index is 12.9. The van der Waals surface area contributed by atoms with Crippen LogP contribution in [-0.4, -0.2) is 23.4 Å². The largest absolute Gasteiger partial charge is 0.339 e. The van der Waals surface area contributed by atoms with Gasteiger partial charge in [0.2, 0.25) is 5.91 Å². The van der Waals surface area contributed by atoms with Crippen LogP contribution in [0.1, 0.15) is 45.1 Å². The van der Waals surface area contributed by atoms with Crippen LogP contribution in [0.3, 0.4) is 0 Å². The molecule has 1 aliphatic carbocycles. The fourth-order valence-corrected chi connectivity index (χ4v) is 2.92. The average Bonchev–Trinajstić information content (AvgIpc) is 2.94. The Morgan fingerprint density at radius 1 is 1.25 bits per heavy atom. The summed E-state index contributed by atoms with van der Waals surface area (Å²) in [6, 6.07) is 6.99. The molecule has 1 aliphatic rings. The minimum absolute atomic E-state index is 0.0452. The Hall–Kier alpha value is -1.38. The van der Waals surface area contributed by atoms with E-state index in [9.17, 15) is 9.18 Å². The molecule has 3 heteroatoms. The van der Waals surface area contributed by atoms with Crippen LogP contribution < -0.4 is 0 Å². The highest BCUT2D eigenvalue weighted by Crippen LogP contribution is 2.25. The fraction of sp³-hybridized carbons (Fsp3) is 0.588. The van der Waals surface area contributed by atoms with Gasteiger partial charge in [0.1, 0.15) is 5.82 Å². The molecule has 0 aliphatic heterocycles. The van der Waals surface area contributed by atoms with Crippen LogP contribution in [0.25, 0.3) is 0 Å². The Bertz CT molecular complexity index is 435. The Labute approximate surface area is 121 Å². The third-order valence-corrected chi connectivity index (χ3v) is 4.10. The molecule has 1 aromatic rings. The third-order valence-electron chi connectivity index (χ3n) is 4.10. The molecular weight excluding hydrogens is 253 g/mol. The van der Waals surface area contributed by atoms with E-state index >= 15 is 0 Å². The number of hydrogen-bond acceptors (Lipinski definition) is 1. The van der Waals surface area contributed by atoms with Gasteiger partial charge in [0.05, 0.1) is 0 Å². The zero-order valence-electron chi connectivity index (χ0n) is 12.4. The minimum atomic E-state index is -0.209. The summed E-state index contributed by atoms with van der Waals surface area (Å²) >= 11 is 0. The molecule has 1 amide bonds. The molecule has 0 spiro atoms. The maximum atomic E-state index is 12.9. The van der Waals surface area contributed by atoms with Gasteiger partial charge in [-0.15, -0.1) is 0 Å². The van der Waals surface area contributed by atoms with E-state index in [0.29, 0.717) is 6.04 Å². The second kappa shape index (κ2) is 6.87. The van der Waals surface area contributed by atoms with Crippen molar-refractivity contribution in [1.82, 2.24) is 4.90 Å². The van der Waals surface area contributed by atoms with Crippen LogP contribution in [-0.2, 0) is 11.2 Å². The number of nitrogens with zero attached hydrogens (tertiary/aromatic N) is 1. The highest BCUT2D eigenvalue weighted by atomic mass is 19.1. The number of carbonyl (C=O) groups excluding carboxylic acids is 1. The summed E-state index contributed by atoms with van der Waals surface area (Å²) < 4.78 is 12.9. The quantitative estimate of drug-likeness (QED) is 0.801. The van der Waals surface area contributed by atoms with Gasteiger partial charge >= 0.3 is 0 Å². The van der Waals surface area contributed by atoms with Crippen LogP contribution in [0.4, 0.5) is 4.39 Å². The van der Waals surface area contributed by atoms with Crippen LogP contribution in [0, 0.1) is 11.7 Å². The fourth-order valence-electron chi connectivity index (χ4n) is 2.92. The lowest BCUT2D eigenvalue weighted by atomic mass is 10.1. The highest BCUT2D eigenvalue weighted by Gasteiger charge is 2.27. The molecule has 2 rings (SSSR count). The van der Waals surface area contributed by atoms with Gasteiger partial charge < -0.3 is 4.90 Å². The van der Waals surface area contributed by atoms with E-state index in [-0.39, 0.29) is 17.6 Å². The predicted molar refractivity (Wildman–Crippen MR) is 78.9 cm³/mol. The van der Waals surface area contributed by atoms with Gasteiger partial charge in [0.15, 0.2) is 0 Å². The van der Waals surface area contributed by atoms with E-state index in [0.717, 1.165) is 31.4 Å². The van der Waals surface area contributed by atoms with Gasteiger partial charge in [-0.05, 0) is 37.0 Å². The first-order valence-corrected chi connectivity index (χ1v) is 7.63. The zero-order valence-corrected chi connectivity index (χ0v) is 12.4. The molecule has 1 fully saturated rings. The monoisotopic (exact) mass is 277 g/mol. The summed E-state index contributed by atoms with van der Waals surface area (Å²) in [5, 5.41) is 0. The smallest absolute Gasteiger partial charge is 0.225 e.